The average Bonchev–Trinajstić information content (AvgIpc) is 2.70. The van der Waals surface area contributed by atoms with Gasteiger partial charge in [-0.05, 0) is 48.7 Å². The molecule has 27 heavy (non-hydrogen) atoms. The lowest BCUT2D eigenvalue weighted by Crippen LogP contribution is -2.29. The van der Waals surface area contributed by atoms with Crippen LogP contribution in [0, 0.1) is 0 Å². The van der Waals surface area contributed by atoms with Crippen molar-refractivity contribution in [3.05, 3.63) is 71.0 Å². The van der Waals surface area contributed by atoms with Gasteiger partial charge in [-0.3, -0.25) is 9.59 Å². The summed E-state index contributed by atoms with van der Waals surface area (Å²) in [4.78, 5) is 25.5. The van der Waals surface area contributed by atoms with E-state index in [2.05, 4.69) is 10.4 Å². The number of rotatable bonds is 6. The van der Waals surface area contributed by atoms with Crippen molar-refractivity contribution >= 4 is 23.4 Å². The largest absolute Gasteiger partial charge is 0.497 e. The molecule has 6 nitrogen and oxygen atoms in total. The molecule has 1 heterocycles. The van der Waals surface area contributed by atoms with Crippen molar-refractivity contribution in [1.29, 1.82) is 0 Å². The fourth-order valence-corrected chi connectivity index (χ4v) is 2.92. The number of hydrogen-bond acceptors (Lipinski definition) is 5. The number of amides is 1. The van der Waals surface area contributed by atoms with Crippen LogP contribution in [-0.2, 0) is 11.3 Å². The quantitative estimate of drug-likeness (QED) is 0.664. The minimum Gasteiger partial charge on any atom is -0.497 e. The van der Waals surface area contributed by atoms with Crippen molar-refractivity contribution in [3.8, 4) is 17.0 Å². The summed E-state index contributed by atoms with van der Waals surface area (Å²) in [5, 5.41) is 7.09. The van der Waals surface area contributed by atoms with Crippen molar-refractivity contribution < 1.29 is 9.53 Å². The van der Waals surface area contributed by atoms with E-state index in [0.717, 1.165) is 15.1 Å². The second-order valence-corrected chi connectivity index (χ2v) is 6.60. The highest BCUT2D eigenvalue weighted by Gasteiger charge is 2.09. The molecule has 1 amide bonds. The van der Waals surface area contributed by atoms with Gasteiger partial charge in [-0.2, -0.15) is 5.10 Å². The lowest BCUT2D eigenvalue weighted by Gasteiger charge is -2.09. The number of carbonyl (C=O) groups excluding carboxylic acids is 1. The molecule has 0 spiro atoms. The van der Waals surface area contributed by atoms with Crippen LogP contribution in [0.3, 0.4) is 0 Å². The van der Waals surface area contributed by atoms with Crippen LogP contribution in [0.15, 0.2) is 70.4 Å². The fraction of sp³-hybridized carbons (Fsp3) is 0.150. The Balaban J connectivity index is 1.77. The Kier molecular flexibility index (Phi) is 5.93. The predicted octanol–water partition coefficient (Wildman–Crippen LogP) is 3.28. The SMILES string of the molecule is COc1cccc(-c2ccc(=O)n(CC(=O)Nc3ccc(SC)cc3)n2)c1. The zero-order valence-corrected chi connectivity index (χ0v) is 15.8. The third-order valence-corrected chi connectivity index (χ3v) is 4.64. The maximum Gasteiger partial charge on any atom is 0.267 e. The third-order valence-electron chi connectivity index (χ3n) is 3.90. The molecule has 3 rings (SSSR count). The molecular weight excluding hydrogens is 362 g/mol. The van der Waals surface area contributed by atoms with Gasteiger partial charge in [0.1, 0.15) is 12.3 Å². The van der Waals surface area contributed by atoms with E-state index in [1.54, 1.807) is 24.9 Å². The van der Waals surface area contributed by atoms with Crippen LogP contribution >= 0.6 is 11.8 Å². The van der Waals surface area contributed by atoms with Crippen molar-refractivity contribution in [2.75, 3.05) is 18.7 Å². The van der Waals surface area contributed by atoms with Crippen LogP contribution in [0.5, 0.6) is 5.75 Å². The summed E-state index contributed by atoms with van der Waals surface area (Å²) >= 11 is 1.63. The van der Waals surface area contributed by atoms with E-state index in [9.17, 15) is 9.59 Å². The number of anilines is 1. The van der Waals surface area contributed by atoms with Gasteiger partial charge in [-0.25, -0.2) is 4.68 Å². The number of benzene rings is 2. The Hall–Kier alpha value is -3.06. The molecule has 0 saturated carbocycles. The summed E-state index contributed by atoms with van der Waals surface area (Å²) in [5.74, 6) is 0.378. The summed E-state index contributed by atoms with van der Waals surface area (Å²) in [5.41, 5.74) is 1.73. The molecule has 0 radical (unpaired) electrons. The van der Waals surface area contributed by atoms with Gasteiger partial charge >= 0.3 is 0 Å². The summed E-state index contributed by atoms with van der Waals surface area (Å²) < 4.78 is 6.37. The van der Waals surface area contributed by atoms with Crippen LogP contribution in [0.1, 0.15) is 0 Å². The summed E-state index contributed by atoms with van der Waals surface area (Å²) in [6.45, 7) is -0.166. The Labute approximate surface area is 161 Å². The lowest BCUT2D eigenvalue weighted by molar-refractivity contribution is -0.117. The third kappa shape index (κ3) is 4.77. The predicted molar refractivity (Wildman–Crippen MR) is 107 cm³/mol. The highest BCUT2D eigenvalue weighted by Crippen LogP contribution is 2.21. The normalized spacial score (nSPS) is 10.4. The van der Waals surface area contributed by atoms with Crippen LogP contribution in [0.2, 0.25) is 0 Å². The molecule has 3 aromatic rings. The first kappa shape index (κ1) is 18.7. The van der Waals surface area contributed by atoms with Crippen LogP contribution < -0.4 is 15.6 Å². The summed E-state index contributed by atoms with van der Waals surface area (Å²) in [6, 6.07) is 17.9. The van der Waals surface area contributed by atoms with Gasteiger partial charge in [-0.1, -0.05) is 12.1 Å². The Morgan fingerprint density at radius 1 is 1.15 bits per heavy atom. The number of carbonyl (C=O) groups is 1. The van der Waals surface area contributed by atoms with E-state index in [4.69, 9.17) is 4.74 Å². The summed E-state index contributed by atoms with van der Waals surface area (Å²) in [6.07, 6.45) is 1.99. The van der Waals surface area contributed by atoms with Gasteiger partial charge in [0.05, 0.1) is 12.8 Å². The first-order chi connectivity index (χ1) is 13.1. The number of methoxy groups -OCH3 is 1. The van der Waals surface area contributed by atoms with E-state index >= 15 is 0 Å². The maximum atomic E-state index is 12.3. The molecule has 2 aromatic carbocycles. The molecule has 0 atom stereocenters. The van der Waals surface area contributed by atoms with E-state index in [-0.39, 0.29) is 18.0 Å². The molecule has 0 aliphatic heterocycles. The molecule has 0 saturated heterocycles. The van der Waals surface area contributed by atoms with Crippen molar-refractivity contribution in [3.63, 3.8) is 0 Å². The van der Waals surface area contributed by atoms with E-state index in [1.165, 1.54) is 6.07 Å². The average molecular weight is 381 g/mol. The van der Waals surface area contributed by atoms with E-state index in [1.807, 2.05) is 54.8 Å². The topological polar surface area (TPSA) is 73.2 Å². The molecule has 1 aromatic heterocycles. The van der Waals surface area contributed by atoms with E-state index in [0.29, 0.717) is 17.1 Å². The Morgan fingerprint density at radius 2 is 1.93 bits per heavy atom. The molecule has 1 N–H and O–H groups in total. The highest BCUT2D eigenvalue weighted by molar-refractivity contribution is 7.98. The Bertz CT molecular complexity index is 1000. The number of ether oxygens (including phenoxy) is 1. The first-order valence-electron chi connectivity index (χ1n) is 8.25. The van der Waals surface area contributed by atoms with Gasteiger partial charge in [0.2, 0.25) is 5.91 Å². The van der Waals surface area contributed by atoms with Crippen molar-refractivity contribution in [2.45, 2.75) is 11.4 Å². The standard InChI is InChI=1S/C20H19N3O3S/c1-26-16-5-3-4-14(12-16)18-10-11-20(25)23(22-18)13-19(24)21-15-6-8-17(27-2)9-7-15/h3-12H,13H2,1-2H3,(H,21,24). The number of aromatic nitrogens is 2. The summed E-state index contributed by atoms with van der Waals surface area (Å²) in [7, 11) is 1.59. The maximum absolute atomic E-state index is 12.3. The minimum absolute atomic E-state index is 0.166. The molecule has 0 unspecified atom stereocenters. The second-order valence-electron chi connectivity index (χ2n) is 5.72. The van der Waals surface area contributed by atoms with Gasteiger partial charge in [0.25, 0.3) is 5.56 Å². The number of thioether (sulfide) groups is 1. The molecule has 0 aliphatic rings. The van der Waals surface area contributed by atoms with Gasteiger partial charge in [0.15, 0.2) is 0 Å². The fourth-order valence-electron chi connectivity index (χ4n) is 2.51. The number of nitrogens with zero attached hydrogens (tertiary/aromatic N) is 2. The van der Waals surface area contributed by atoms with Gasteiger partial charge in [-0.15, -0.1) is 11.8 Å². The molecule has 7 heteroatoms. The number of nitrogens with one attached hydrogen (secondary N) is 1. The second kappa shape index (κ2) is 8.55. The molecule has 0 aliphatic carbocycles. The Morgan fingerprint density at radius 3 is 2.63 bits per heavy atom. The molecule has 0 bridgehead atoms. The molecule has 138 valence electrons. The monoisotopic (exact) mass is 381 g/mol. The van der Waals surface area contributed by atoms with Crippen LogP contribution in [0.4, 0.5) is 5.69 Å². The minimum atomic E-state index is -0.338. The van der Waals surface area contributed by atoms with E-state index < -0.39 is 0 Å². The molecular formula is C20H19N3O3S. The van der Waals surface area contributed by atoms with Gasteiger partial charge in [0, 0.05) is 22.2 Å². The van der Waals surface area contributed by atoms with Crippen molar-refractivity contribution in [1.82, 2.24) is 9.78 Å². The lowest BCUT2D eigenvalue weighted by atomic mass is 10.1. The van der Waals surface area contributed by atoms with Crippen LogP contribution in [0.25, 0.3) is 11.3 Å². The van der Waals surface area contributed by atoms with Crippen LogP contribution in [-0.4, -0.2) is 29.1 Å². The molecule has 0 fully saturated rings. The number of hydrogen-bond donors (Lipinski definition) is 1. The zero-order chi connectivity index (χ0) is 19.2. The highest BCUT2D eigenvalue weighted by atomic mass is 32.2. The van der Waals surface area contributed by atoms with Crippen molar-refractivity contribution in [2.24, 2.45) is 0 Å². The first-order valence-corrected chi connectivity index (χ1v) is 9.48. The van der Waals surface area contributed by atoms with Gasteiger partial charge < -0.3 is 10.1 Å². The zero-order valence-electron chi connectivity index (χ0n) is 15.0. The smallest absolute Gasteiger partial charge is 0.267 e.